The summed E-state index contributed by atoms with van der Waals surface area (Å²) in [6, 6.07) is 3.49. The summed E-state index contributed by atoms with van der Waals surface area (Å²) in [5, 5.41) is 37.2. The number of aryl methyl sites for hydroxylation is 1. The maximum atomic E-state index is 15.0. The number of carbonyl (C=O) groups excluding carboxylic acids is 1. The Morgan fingerprint density at radius 3 is 2.66 bits per heavy atom. The summed E-state index contributed by atoms with van der Waals surface area (Å²) in [4.78, 5) is 22.5. The average Bonchev–Trinajstić information content (AvgIpc) is 3.38. The van der Waals surface area contributed by atoms with Crippen LogP contribution >= 0.6 is 0 Å². The van der Waals surface area contributed by atoms with Crippen LogP contribution < -0.4 is 16.0 Å². The van der Waals surface area contributed by atoms with Crippen molar-refractivity contribution < 1.29 is 19.0 Å². The smallest absolute Gasteiger partial charge is 0.408 e. The Balaban J connectivity index is 1.59. The standard InChI is InChI=1S/C25H30FN9O3/c1-14-19(35-29-8-9-30-35)11-16(13-28-14)31-22-15(12-27)10-17(26)23(34-22)32-18-6-5-7-20(36)21(18)33-24(37)38-25(2,3)4/h8-11,13,18,20-21,36H,5-7H2,1-4H3,(H,33,37)(H2,31,32,34)/t18?,20-,21?/m1/s1. The lowest BCUT2D eigenvalue weighted by molar-refractivity contribution is 0.0343. The van der Waals surface area contributed by atoms with Gasteiger partial charge in [0.05, 0.1) is 53.7 Å². The number of anilines is 3. The Morgan fingerprint density at radius 2 is 1.97 bits per heavy atom. The van der Waals surface area contributed by atoms with Gasteiger partial charge in [0.2, 0.25) is 0 Å². The monoisotopic (exact) mass is 523 g/mol. The molecule has 1 amide bonds. The van der Waals surface area contributed by atoms with E-state index in [9.17, 15) is 15.2 Å². The molecule has 0 saturated heterocycles. The van der Waals surface area contributed by atoms with Crippen LogP contribution in [0, 0.1) is 24.1 Å². The third-order valence-electron chi connectivity index (χ3n) is 5.92. The van der Waals surface area contributed by atoms with E-state index >= 15 is 4.39 Å². The number of nitriles is 1. The second-order valence-electron chi connectivity index (χ2n) is 10.0. The SMILES string of the molecule is Cc1ncc(Nc2nc(NC3CCC[C@@H](O)C3NC(=O)OC(C)(C)C)c(F)cc2C#N)cc1-n1nccn1. The predicted molar refractivity (Wildman–Crippen MR) is 137 cm³/mol. The van der Waals surface area contributed by atoms with Gasteiger partial charge in [-0.2, -0.15) is 15.5 Å². The number of rotatable bonds is 6. The number of amides is 1. The van der Waals surface area contributed by atoms with Crippen molar-refractivity contribution in [3.63, 3.8) is 0 Å². The van der Waals surface area contributed by atoms with E-state index < -0.39 is 35.7 Å². The molecule has 3 aromatic rings. The largest absolute Gasteiger partial charge is 0.444 e. The predicted octanol–water partition coefficient (Wildman–Crippen LogP) is 3.34. The molecule has 1 saturated carbocycles. The molecular formula is C25H30FN9O3. The highest BCUT2D eigenvalue weighted by Crippen LogP contribution is 2.28. The van der Waals surface area contributed by atoms with Crippen molar-refractivity contribution in [2.45, 2.75) is 70.7 Å². The van der Waals surface area contributed by atoms with Crippen molar-refractivity contribution in [1.29, 1.82) is 5.26 Å². The van der Waals surface area contributed by atoms with E-state index in [1.54, 1.807) is 45.4 Å². The summed E-state index contributed by atoms with van der Waals surface area (Å²) in [6.45, 7) is 7.02. The van der Waals surface area contributed by atoms with Gasteiger partial charge in [0.15, 0.2) is 17.5 Å². The van der Waals surface area contributed by atoms with Crippen molar-refractivity contribution in [1.82, 2.24) is 30.3 Å². The highest BCUT2D eigenvalue weighted by Gasteiger charge is 2.35. The highest BCUT2D eigenvalue weighted by molar-refractivity contribution is 5.69. The van der Waals surface area contributed by atoms with E-state index in [1.807, 2.05) is 13.0 Å². The number of aliphatic hydroxyl groups excluding tert-OH is 1. The molecular weight excluding hydrogens is 493 g/mol. The summed E-state index contributed by atoms with van der Waals surface area (Å²) >= 11 is 0. The fourth-order valence-corrected chi connectivity index (χ4v) is 4.19. The van der Waals surface area contributed by atoms with Gasteiger partial charge in [-0.3, -0.25) is 4.98 Å². The van der Waals surface area contributed by atoms with Crippen LogP contribution in [0.1, 0.15) is 51.3 Å². The molecule has 3 heterocycles. The van der Waals surface area contributed by atoms with Gasteiger partial charge in [-0.25, -0.2) is 14.2 Å². The van der Waals surface area contributed by atoms with Crippen molar-refractivity contribution >= 4 is 23.4 Å². The molecule has 12 nitrogen and oxygen atoms in total. The van der Waals surface area contributed by atoms with Crippen LogP contribution in [0.2, 0.25) is 0 Å². The first-order valence-corrected chi connectivity index (χ1v) is 12.2. The zero-order chi connectivity index (χ0) is 27.4. The first-order chi connectivity index (χ1) is 18.0. The Labute approximate surface area is 219 Å². The van der Waals surface area contributed by atoms with Gasteiger partial charge in [0.25, 0.3) is 0 Å². The molecule has 0 radical (unpaired) electrons. The number of nitrogens with zero attached hydrogens (tertiary/aromatic N) is 6. The number of aliphatic hydroxyl groups is 1. The van der Waals surface area contributed by atoms with Crippen LogP contribution in [0.5, 0.6) is 0 Å². The Bertz CT molecular complexity index is 1340. The van der Waals surface area contributed by atoms with Gasteiger partial charge >= 0.3 is 6.09 Å². The van der Waals surface area contributed by atoms with Crippen LogP contribution in [-0.2, 0) is 4.74 Å². The lowest BCUT2D eigenvalue weighted by Crippen LogP contribution is -2.56. The van der Waals surface area contributed by atoms with Crippen LogP contribution in [0.3, 0.4) is 0 Å². The molecule has 0 bridgehead atoms. The van der Waals surface area contributed by atoms with Crippen molar-refractivity contribution in [2.24, 2.45) is 0 Å². The number of aromatic nitrogens is 5. The molecule has 1 aliphatic carbocycles. The number of pyridine rings is 2. The summed E-state index contributed by atoms with van der Waals surface area (Å²) in [7, 11) is 0. The topological polar surface area (TPSA) is 163 Å². The van der Waals surface area contributed by atoms with E-state index in [0.717, 1.165) is 6.07 Å². The molecule has 1 aliphatic rings. The molecule has 3 aromatic heterocycles. The molecule has 200 valence electrons. The second kappa shape index (κ2) is 11.0. The van der Waals surface area contributed by atoms with Gasteiger partial charge < -0.3 is 25.8 Å². The number of ether oxygens (including phenoxy) is 1. The Kier molecular flexibility index (Phi) is 7.72. The third kappa shape index (κ3) is 6.33. The summed E-state index contributed by atoms with van der Waals surface area (Å²) < 4.78 is 20.3. The highest BCUT2D eigenvalue weighted by atomic mass is 19.1. The number of nitrogens with one attached hydrogen (secondary N) is 3. The average molecular weight is 524 g/mol. The fraction of sp³-hybridized carbons (Fsp3) is 0.440. The molecule has 38 heavy (non-hydrogen) atoms. The minimum absolute atomic E-state index is 0.0144. The second-order valence-corrected chi connectivity index (χ2v) is 10.0. The number of halogens is 1. The number of hydrogen-bond donors (Lipinski definition) is 4. The minimum Gasteiger partial charge on any atom is -0.444 e. The molecule has 0 spiro atoms. The van der Waals surface area contributed by atoms with Crippen LogP contribution in [0.15, 0.2) is 30.7 Å². The number of hydrogen-bond acceptors (Lipinski definition) is 10. The van der Waals surface area contributed by atoms with Crippen molar-refractivity contribution in [3.05, 3.63) is 47.8 Å². The van der Waals surface area contributed by atoms with E-state index in [-0.39, 0.29) is 17.2 Å². The van der Waals surface area contributed by atoms with Gasteiger partial charge in [0, 0.05) is 0 Å². The molecule has 13 heteroatoms. The first-order valence-electron chi connectivity index (χ1n) is 12.2. The summed E-state index contributed by atoms with van der Waals surface area (Å²) in [6.07, 6.45) is 4.78. The van der Waals surface area contributed by atoms with E-state index in [1.165, 1.54) is 4.80 Å². The lowest BCUT2D eigenvalue weighted by Gasteiger charge is -2.37. The molecule has 3 atom stereocenters. The van der Waals surface area contributed by atoms with Gasteiger partial charge in [-0.05, 0) is 59.1 Å². The molecule has 2 unspecified atom stereocenters. The zero-order valence-corrected chi connectivity index (χ0v) is 21.6. The maximum Gasteiger partial charge on any atom is 0.408 e. The number of alkyl carbamates (subject to hydrolysis) is 1. The normalized spacial score (nSPS) is 19.3. The van der Waals surface area contributed by atoms with Gasteiger partial charge in [-0.15, -0.1) is 4.80 Å². The lowest BCUT2D eigenvalue weighted by atomic mass is 9.88. The molecule has 0 aromatic carbocycles. The maximum absolute atomic E-state index is 15.0. The van der Waals surface area contributed by atoms with Crippen LogP contribution in [0.4, 0.5) is 26.5 Å². The van der Waals surface area contributed by atoms with Crippen LogP contribution in [-0.4, -0.2) is 60.0 Å². The zero-order valence-electron chi connectivity index (χ0n) is 21.6. The molecule has 0 aliphatic heterocycles. The number of carbonyl (C=O) groups is 1. The van der Waals surface area contributed by atoms with Crippen molar-refractivity contribution in [2.75, 3.05) is 10.6 Å². The van der Waals surface area contributed by atoms with Crippen LogP contribution in [0.25, 0.3) is 5.69 Å². The Morgan fingerprint density at radius 1 is 1.24 bits per heavy atom. The van der Waals surface area contributed by atoms with Gasteiger partial charge in [0.1, 0.15) is 17.4 Å². The first kappa shape index (κ1) is 26.7. The quantitative estimate of drug-likeness (QED) is 0.377. The summed E-state index contributed by atoms with van der Waals surface area (Å²) in [5.74, 6) is -0.767. The Hall–Kier alpha value is -4.31. The van der Waals surface area contributed by atoms with Crippen molar-refractivity contribution in [3.8, 4) is 11.8 Å². The molecule has 4 N–H and O–H groups in total. The fourth-order valence-electron chi connectivity index (χ4n) is 4.19. The minimum atomic E-state index is -0.860. The third-order valence-corrected chi connectivity index (χ3v) is 5.92. The van der Waals surface area contributed by atoms with E-state index in [0.29, 0.717) is 36.3 Å². The molecule has 1 fully saturated rings. The molecule has 4 rings (SSSR count). The van der Waals surface area contributed by atoms with E-state index in [2.05, 4.69) is 36.1 Å². The van der Waals surface area contributed by atoms with E-state index in [4.69, 9.17) is 4.74 Å². The summed E-state index contributed by atoms with van der Waals surface area (Å²) in [5.41, 5.74) is 1.06. The van der Waals surface area contributed by atoms with Gasteiger partial charge in [-0.1, -0.05) is 0 Å².